The Hall–Kier alpha value is -1.04. The summed E-state index contributed by atoms with van der Waals surface area (Å²) < 4.78 is 5.73. The minimum Gasteiger partial charge on any atom is -0.506 e. The van der Waals surface area contributed by atoms with E-state index in [1.54, 1.807) is 4.90 Å². The molecular formula is C14H29NO4Si. The van der Waals surface area contributed by atoms with Crippen LogP contribution in [0.2, 0.25) is 11.1 Å². The van der Waals surface area contributed by atoms with Crippen LogP contribution < -0.4 is 0 Å². The van der Waals surface area contributed by atoms with E-state index in [-0.39, 0.29) is 18.6 Å². The van der Waals surface area contributed by atoms with Crippen molar-refractivity contribution in [3.05, 3.63) is 0 Å². The molecule has 0 atom stereocenters. The van der Waals surface area contributed by atoms with Crippen molar-refractivity contribution in [2.45, 2.75) is 71.5 Å². The summed E-state index contributed by atoms with van der Waals surface area (Å²) in [5.41, 5.74) is 0.791. The quantitative estimate of drug-likeness (QED) is 0.699. The van der Waals surface area contributed by atoms with E-state index in [2.05, 4.69) is 27.7 Å². The summed E-state index contributed by atoms with van der Waals surface area (Å²) in [6, 6.07) is 0.0188. The van der Waals surface area contributed by atoms with Crippen molar-refractivity contribution in [3.8, 4) is 0 Å². The maximum atomic E-state index is 12.3. The van der Waals surface area contributed by atoms with Gasteiger partial charge < -0.3 is 14.4 Å². The molecule has 0 aliphatic rings. The summed E-state index contributed by atoms with van der Waals surface area (Å²) in [6.45, 7) is 12.6. The first-order chi connectivity index (χ1) is 9.16. The second-order valence-corrected chi connectivity index (χ2v) is 9.95. The Labute approximate surface area is 124 Å². The summed E-state index contributed by atoms with van der Waals surface area (Å²) in [6.07, 6.45) is 0.244. The predicted octanol–water partition coefficient (Wildman–Crippen LogP) is 3.24. The molecule has 0 fully saturated rings. The Morgan fingerprint density at radius 1 is 1.10 bits per heavy atom. The summed E-state index contributed by atoms with van der Waals surface area (Å²) >= 11 is 0. The van der Waals surface area contributed by atoms with E-state index < -0.39 is 15.0 Å². The van der Waals surface area contributed by atoms with Crippen molar-refractivity contribution in [2.75, 3.05) is 6.54 Å². The molecule has 1 N–H and O–H groups in total. The molecule has 0 radical (unpaired) electrons. The van der Waals surface area contributed by atoms with E-state index in [4.69, 9.17) is 9.53 Å². The first-order valence-corrected chi connectivity index (χ1v) is 9.16. The van der Waals surface area contributed by atoms with E-state index in [9.17, 15) is 9.59 Å². The fourth-order valence-corrected chi connectivity index (χ4v) is 4.64. The topological polar surface area (TPSA) is 66.8 Å². The van der Waals surface area contributed by atoms with Gasteiger partial charge in [-0.1, -0.05) is 27.7 Å². The van der Waals surface area contributed by atoms with Crippen molar-refractivity contribution in [3.63, 3.8) is 0 Å². The van der Waals surface area contributed by atoms with Crippen molar-refractivity contribution in [1.82, 2.24) is 4.90 Å². The van der Waals surface area contributed by atoms with E-state index in [0.717, 1.165) is 0 Å². The molecule has 0 rings (SSSR count). The highest BCUT2D eigenvalue weighted by molar-refractivity contribution is 6.56. The SMILES string of the molecule is CC(C)N(CCCC(=O)O)C(=O)O[SiH](C(C)C)C(C)C. The molecule has 0 aromatic carbocycles. The third-order valence-corrected chi connectivity index (χ3v) is 6.30. The van der Waals surface area contributed by atoms with Gasteiger partial charge in [0.25, 0.3) is 0 Å². The molecule has 20 heavy (non-hydrogen) atoms. The van der Waals surface area contributed by atoms with Crippen LogP contribution in [0.5, 0.6) is 0 Å². The Morgan fingerprint density at radius 3 is 1.95 bits per heavy atom. The van der Waals surface area contributed by atoms with Gasteiger partial charge in [-0.2, -0.15) is 0 Å². The van der Waals surface area contributed by atoms with Crippen LogP contribution in [-0.2, 0) is 9.22 Å². The number of carboxylic acids is 1. The summed E-state index contributed by atoms with van der Waals surface area (Å²) in [5, 5.41) is 8.67. The fraction of sp³-hybridized carbons (Fsp3) is 0.857. The smallest absolute Gasteiger partial charge is 0.396 e. The lowest BCUT2D eigenvalue weighted by molar-refractivity contribution is -0.137. The highest BCUT2D eigenvalue weighted by Crippen LogP contribution is 2.22. The van der Waals surface area contributed by atoms with Gasteiger partial charge in [-0.05, 0) is 31.4 Å². The number of rotatable bonds is 8. The largest absolute Gasteiger partial charge is 0.506 e. The lowest BCUT2D eigenvalue weighted by atomic mass is 10.2. The molecule has 118 valence electrons. The molecule has 0 aromatic rings. The van der Waals surface area contributed by atoms with Crippen LogP contribution in [0.25, 0.3) is 0 Å². The van der Waals surface area contributed by atoms with Crippen LogP contribution in [0.15, 0.2) is 0 Å². The third kappa shape index (κ3) is 6.93. The highest BCUT2D eigenvalue weighted by atomic mass is 28.3. The molecule has 5 nitrogen and oxygen atoms in total. The molecule has 0 spiro atoms. The van der Waals surface area contributed by atoms with Gasteiger partial charge in [0.1, 0.15) is 0 Å². The number of amides is 1. The summed E-state index contributed by atoms with van der Waals surface area (Å²) in [7, 11) is -1.60. The molecule has 0 aromatic heterocycles. The zero-order valence-corrected chi connectivity index (χ0v) is 14.7. The van der Waals surface area contributed by atoms with Gasteiger partial charge in [-0.25, -0.2) is 4.79 Å². The fourth-order valence-electron chi connectivity index (χ4n) is 2.19. The minimum absolute atomic E-state index is 0.0188. The van der Waals surface area contributed by atoms with Crippen LogP contribution in [-0.4, -0.2) is 43.7 Å². The van der Waals surface area contributed by atoms with E-state index in [1.165, 1.54) is 0 Å². The number of carbonyl (C=O) groups is 2. The average molecular weight is 303 g/mol. The zero-order chi connectivity index (χ0) is 15.9. The van der Waals surface area contributed by atoms with Crippen molar-refractivity contribution < 1.29 is 19.1 Å². The summed E-state index contributed by atoms with van der Waals surface area (Å²) in [4.78, 5) is 24.5. The van der Waals surface area contributed by atoms with E-state index in [0.29, 0.717) is 24.0 Å². The van der Waals surface area contributed by atoms with Crippen LogP contribution >= 0.6 is 0 Å². The van der Waals surface area contributed by atoms with Crippen LogP contribution in [0.4, 0.5) is 4.79 Å². The molecule has 0 unspecified atom stereocenters. The van der Waals surface area contributed by atoms with Crippen molar-refractivity contribution in [1.29, 1.82) is 0 Å². The van der Waals surface area contributed by atoms with E-state index >= 15 is 0 Å². The molecule has 0 bridgehead atoms. The minimum atomic E-state index is -1.60. The molecule has 0 aliphatic heterocycles. The number of nitrogens with zero attached hydrogens (tertiary/aromatic N) is 1. The Bertz CT molecular complexity index is 310. The maximum Gasteiger partial charge on any atom is 0.396 e. The lowest BCUT2D eigenvalue weighted by Crippen LogP contribution is -2.42. The molecular weight excluding hydrogens is 274 g/mol. The average Bonchev–Trinajstić information content (AvgIpc) is 2.29. The van der Waals surface area contributed by atoms with Crippen LogP contribution in [0.3, 0.4) is 0 Å². The third-order valence-electron chi connectivity index (χ3n) is 3.20. The van der Waals surface area contributed by atoms with Gasteiger partial charge in [-0.3, -0.25) is 4.79 Å². The van der Waals surface area contributed by atoms with Gasteiger partial charge in [0.05, 0.1) is 0 Å². The second-order valence-electron chi connectivity index (χ2n) is 6.12. The Balaban J connectivity index is 4.59. The van der Waals surface area contributed by atoms with Crippen LogP contribution in [0.1, 0.15) is 54.4 Å². The van der Waals surface area contributed by atoms with Crippen molar-refractivity contribution in [2.24, 2.45) is 0 Å². The standard InChI is InChI=1S/C14H29NO4Si/c1-10(2)15(9-7-8-13(16)17)14(18)19-20(11(3)4)12(5)6/h10-12,20H,7-9H2,1-6H3,(H,16,17). The molecule has 1 amide bonds. The first kappa shape index (κ1) is 19.0. The Morgan fingerprint density at radius 2 is 1.60 bits per heavy atom. The molecule has 0 saturated heterocycles. The summed E-state index contributed by atoms with van der Waals surface area (Å²) in [5.74, 6) is -0.835. The number of carboxylic acid groups (broad SMARTS) is 1. The van der Waals surface area contributed by atoms with Gasteiger partial charge >= 0.3 is 12.1 Å². The normalized spacial score (nSPS) is 11.5. The number of carbonyl (C=O) groups excluding carboxylic acids is 1. The monoisotopic (exact) mass is 303 g/mol. The lowest BCUT2D eigenvalue weighted by Gasteiger charge is -2.30. The molecule has 0 saturated carbocycles. The van der Waals surface area contributed by atoms with E-state index in [1.807, 2.05) is 13.8 Å². The molecule has 6 heteroatoms. The zero-order valence-electron chi connectivity index (χ0n) is 13.5. The molecule has 0 aliphatic carbocycles. The number of hydrogen-bond donors (Lipinski definition) is 1. The Kier molecular flexibility index (Phi) is 8.53. The van der Waals surface area contributed by atoms with Crippen LogP contribution in [0, 0.1) is 0 Å². The van der Waals surface area contributed by atoms with Gasteiger partial charge in [0.2, 0.25) is 9.04 Å². The van der Waals surface area contributed by atoms with Gasteiger partial charge in [0.15, 0.2) is 0 Å². The van der Waals surface area contributed by atoms with Crippen molar-refractivity contribution >= 4 is 21.1 Å². The maximum absolute atomic E-state index is 12.3. The first-order valence-electron chi connectivity index (χ1n) is 7.35. The van der Waals surface area contributed by atoms with Gasteiger partial charge in [0, 0.05) is 19.0 Å². The predicted molar refractivity (Wildman–Crippen MR) is 82.5 cm³/mol. The number of hydrogen-bond acceptors (Lipinski definition) is 3. The molecule has 0 heterocycles. The highest BCUT2D eigenvalue weighted by Gasteiger charge is 2.28. The second kappa shape index (κ2) is 9.00. The van der Waals surface area contributed by atoms with Gasteiger partial charge in [-0.15, -0.1) is 0 Å². The number of aliphatic carboxylic acids is 1.